The number of aryl methyl sites for hydroxylation is 1. The van der Waals surface area contributed by atoms with Crippen molar-refractivity contribution in [1.82, 2.24) is 21.0 Å². The number of furan rings is 1. The lowest BCUT2D eigenvalue weighted by molar-refractivity contribution is 0.0842. The number of halogens is 1. The first kappa shape index (κ1) is 24.6. The Morgan fingerprint density at radius 3 is 2.53 bits per heavy atom. The molecule has 1 saturated heterocycles. The van der Waals surface area contributed by atoms with E-state index in [0.29, 0.717) is 17.7 Å². The maximum atomic E-state index is 13.2. The summed E-state index contributed by atoms with van der Waals surface area (Å²) >= 11 is 3.32. The van der Waals surface area contributed by atoms with Crippen LogP contribution < -0.4 is 16.1 Å². The summed E-state index contributed by atoms with van der Waals surface area (Å²) in [6, 6.07) is 1.73. The van der Waals surface area contributed by atoms with Crippen molar-refractivity contribution in [3.05, 3.63) is 51.1 Å². The number of nitrogens with zero attached hydrogens (tertiary/aromatic N) is 2. The molecule has 2 aromatic heterocycles. The van der Waals surface area contributed by atoms with E-state index in [1.54, 1.807) is 12.3 Å². The zero-order valence-corrected chi connectivity index (χ0v) is 21.9. The molecular weight excluding hydrogens is 498 g/mol. The van der Waals surface area contributed by atoms with Gasteiger partial charge in [0.15, 0.2) is 5.76 Å². The van der Waals surface area contributed by atoms with Gasteiger partial charge in [0.2, 0.25) is 0 Å². The van der Waals surface area contributed by atoms with E-state index >= 15 is 0 Å². The number of pyridine rings is 1. The second-order valence-electron chi connectivity index (χ2n) is 10.6. The van der Waals surface area contributed by atoms with Gasteiger partial charge >= 0.3 is 0 Å². The van der Waals surface area contributed by atoms with Crippen molar-refractivity contribution < 1.29 is 14.0 Å². The standard InChI is InChI=1S/C25H32BrN5O3/c1-14-20-18(29-30-22(32)15-9-16(26)13-27-12-15)7-6-8-19(20)34-21(14)23(33)28-17-10-24(2,3)31-25(4,5)11-17/h9,12-13,17,31H,6-8,10-11H2,1-5H3,(H,28,33)(H,30,32)/b29-18+. The van der Waals surface area contributed by atoms with Gasteiger partial charge in [-0.25, -0.2) is 5.43 Å². The topological polar surface area (TPSA) is 109 Å². The Morgan fingerprint density at radius 1 is 1.15 bits per heavy atom. The van der Waals surface area contributed by atoms with Crippen LogP contribution in [0, 0.1) is 6.92 Å². The molecule has 8 nitrogen and oxygen atoms in total. The van der Waals surface area contributed by atoms with Crippen molar-refractivity contribution >= 4 is 33.5 Å². The van der Waals surface area contributed by atoms with Gasteiger partial charge in [-0.15, -0.1) is 0 Å². The Bertz CT molecular complexity index is 1140. The molecule has 9 heteroatoms. The van der Waals surface area contributed by atoms with Gasteiger partial charge in [0.1, 0.15) is 5.76 Å². The Morgan fingerprint density at radius 2 is 1.85 bits per heavy atom. The van der Waals surface area contributed by atoms with Crippen LogP contribution in [0.25, 0.3) is 0 Å². The van der Waals surface area contributed by atoms with E-state index in [1.165, 1.54) is 6.20 Å². The molecule has 0 unspecified atom stereocenters. The molecule has 0 radical (unpaired) electrons. The average Bonchev–Trinajstić information content (AvgIpc) is 3.07. The minimum Gasteiger partial charge on any atom is -0.455 e. The highest BCUT2D eigenvalue weighted by molar-refractivity contribution is 9.10. The van der Waals surface area contributed by atoms with Crippen molar-refractivity contribution in [2.24, 2.45) is 5.10 Å². The molecule has 0 aromatic carbocycles. The summed E-state index contributed by atoms with van der Waals surface area (Å²) in [5.74, 6) is 0.533. The van der Waals surface area contributed by atoms with Crippen LogP contribution in [0.2, 0.25) is 0 Å². The molecule has 182 valence electrons. The molecule has 1 aliphatic carbocycles. The van der Waals surface area contributed by atoms with Crippen LogP contribution in [-0.4, -0.2) is 39.6 Å². The smallest absolute Gasteiger partial charge is 0.287 e. The molecule has 4 rings (SSSR count). The lowest BCUT2D eigenvalue weighted by atomic mass is 9.79. The second-order valence-corrected chi connectivity index (χ2v) is 11.5. The van der Waals surface area contributed by atoms with Crippen LogP contribution in [0.1, 0.15) is 91.2 Å². The van der Waals surface area contributed by atoms with Crippen molar-refractivity contribution in [3.8, 4) is 0 Å². The summed E-state index contributed by atoms with van der Waals surface area (Å²) in [6.07, 6.45) is 7.05. The van der Waals surface area contributed by atoms with Crippen LogP contribution in [0.15, 0.2) is 32.5 Å². The number of carbonyl (C=O) groups is 2. The molecule has 0 bridgehead atoms. The second kappa shape index (κ2) is 9.26. The number of nitrogens with one attached hydrogen (secondary N) is 3. The minimum atomic E-state index is -0.344. The number of aromatic nitrogens is 1. The highest BCUT2D eigenvalue weighted by Gasteiger charge is 2.39. The summed E-state index contributed by atoms with van der Waals surface area (Å²) < 4.78 is 6.76. The van der Waals surface area contributed by atoms with E-state index < -0.39 is 0 Å². The third kappa shape index (κ3) is 5.41. The summed E-state index contributed by atoms with van der Waals surface area (Å²) in [6.45, 7) is 10.5. The number of piperidine rings is 1. The van der Waals surface area contributed by atoms with E-state index in [2.05, 4.69) is 69.8 Å². The molecule has 34 heavy (non-hydrogen) atoms. The molecule has 2 aromatic rings. The van der Waals surface area contributed by atoms with E-state index in [0.717, 1.165) is 52.8 Å². The van der Waals surface area contributed by atoms with Crippen molar-refractivity contribution in [3.63, 3.8) is 0 Å². The van der Waals surface area contributed by atoms with Gasteiger partial charge in [0.05, 0.1) is 11.3 Å². The van der Waals surface area contributed by atoms with Gasteiger partial charge in [-0.2, -0.15) is 5.10 Å². The first-order valence-corrected chi connectivity index (χ1v) is 12.4. The van der Waals surface area contributed by atoms with Crippen molar-refractivity contribution in [2.75, 3.05) is 0 Å². The van der Waals surface area contributed by atoms with Gasteiger partial charge in [0.25, 0.3) is 11.8 Å². The number of carbonyl (C=O) groups excluding carboxylic acids is 2. The number of hydrogen-bond donors (Lipinski definition) is 3. The number of hydrogen-bond acceptors (Lipinski definition) is 6. The number of hydrazone groups is 1. The van der Waals surface area contributed by atoms with E-state index in [9.17, 15) is 9.59 Å². The van der Waals surface area contributed by atoms with E-state index in [-0.39, 0.29) is 28.9 Å². The Kier molecular flexibility index (Phi) is 6.70. The Balaban J connectivity index is 1.52. The third-order valence-corrected chi connectivity index (χ3v) is 6.75. The lowest BCUT2D eigenvalue weighted by Crippen LogP contribution is -2.62. The predicted molar refractivity (Wildman–Crippen MR) is 134 cm³/mol. The fourth-order valence-electron chi connectivity index (χ4n) is 5.39. The van der Waals surface area contributed by atoms with Gasteiger partial charge in [-0.1, -0.05) is 0 Å². The Labute approximate surface area is 208 Å². The van der Waals surface area contributed by atoms with Crippen molar-refractivity contribution in [1.29, 1.82) is 0 Å². The molecule has 3 heterocycles. The maximum absolute atomic E-state index is 13.2. The molecule has 3 N–H and O–H groups in total. The van der Waals surface area contributed by atoms with Crippen LogP contribution in [-0.2, 0) is 6.42 Å². The van der Waals surface area contributed by atoms with Crippen LogP contribution in [0.5, 0.6) is 0 Å². The monoisotopic (exact) mass is 529 g/mol. The molecule has 2 amide bonds. The van der Waals surface area contributed by atoms with Crippen LogP contribution in [0.3, 0.4) is 0 Å². The maximum Gasteiger partial charge on any atom is 0.287 e. The Hall–Kier alpha value is -2.52. The summed E-state index contributed by atoms with van der Waals surface area (Å²) in [4.78, 5) is 29.7. The lowest BCUT2D eigenvalue weighted by Gasteiger charge is -2.46. The number of amides is 2. The summed E-state index contributed by atoms with van der Waals surface area (Å²) in [5.41, 5.74) is 5.21. The minimum absolute atomic E-state index is 0.0477. The number of fused-ring (bicyclic) bond motifs is 1. The summed E-state index contributed by atoms with van der Waals surface area (Å²) in [7, 11) is 0. The SMILES string of the molecule is Cc1c(C(=O)NC2CC(C)(C)NC(C)(C)C2)oc2c1/C(=N/NC(=O)c1cncc(Br)c1)CCC2. The molecule has 0 spiro atoms. The highest BCUT2D eigenvalue weighted by atomic mass is 79.9. The largest absolute Gasteiger partial charge is 0.455 e. The number of rotatable bonds is 4. The fourth-order valence-corrected chi connectivity index (χ4v) is 5.76. The van der Waals surface area contributed by atoms with Crippen LogP contribution in [0.4, 0.5) is 0 Å². The summed E-state index contributed by atoms with van der Waals surface area (Å²) in [5, 5.41) is 11.2. The van der Waals surface area contributed by atoms with E-state index in [1.807, 2.05) is 6.92 Å². The zero-order valence-electron chi connectivity index (χ0n) is 20.3. The molecule has 0 atom stereocenters. The zero-order chi connectivity index (χ0) is 24.7. The normalized spacial score (nSPS) is 20.6. The highest BCUT2D eigenvalue weighted by Crippen LogP contribution is 2.32. The first-order chi connectivity index (χ1) is 15.9. The van der Waals surface area contributed by atoms with E-state index in [4.69, 9.17) is 4.42 Å². The molecule has 1 fully saturated rings. The molecule has 0 saturated carbocycles. The third-order valence-electron chi connectivity index (χ3n) is 6.32. The predicted octanol–water partition coefficient (Wildman–Crippen LogP) is 4.25. The van der Waals surface area contributed by atoms with Gasteiger partial charge in [-0.3, -0.25) is 14.6 Å². The quantitative estimate of drug-likeness (QED) is 0.512. The van der Waals surface area contributed by atoms with Gasteiger partial charge in [-0.05, 0) is 82.3 Å². The van der Waals surface area contributed by atoms with Crippen LogP contribution >= 0.6 is 15.9 Å². The van der Waals surface area contributed by atoms with Crippen molar-refractivity contribution in [2.45, 2.75) is 83.8 Å². The average molecular weight is 530 g/mol. The first-order valence-electron chi connectivity index (χ1n) is 11.6. The molecule has 1 aliphatic heterocycles. The van der Waals surface area contributed by atoms with Gasteiger partial charge < -0.3 is 15.1 Å². The molecule has 2 aliphatic rings. The van der Waals surface area contributed by atoms with Gasteiger partial charge in [0, 0.05) is 51.5 Å². The fraction of sp³-hybridized carbons (Fsp3) is 0.520. The molecular formula is C25H32BrN5O3.